The first-order valence-corrected chi connectivity index (χ1v) is 4.24. The van der Waals surface area contributed by atoms with Crippen molar-refractivity contribution in [2.75, 3.05) is 5.73 Å². The predicted octanol–water partition coefficient (Wildman–Crippen LogP) is 2.47. The van der Waals surface area contributed by atoms with Crippen LogP contribution in [0.15, 0.2) is 42.6 Å². The van der Waals surface area contributed by atoms with Crippen molar-refractivity contribution >= 4 is 5.69 Å². The largest absolute Gasteiger partial charge is 0.397 e. The van der Waals surface area contributed by atoms with Gasteiger partial charge in [0.25, 0.3) is 0 Å². The molecule has 70 valence electrons. The molecule has 2 nitrogen and oxygen atoms in total. The third-order valence-electron chi connectivity index (χ3n) is 1.93. The van der Waals surface area contributed by atoms with Gasteiger partial charge in [0, 0.05) is 11.6 Å². The van der Waals surface area contributed by atoms with E-state index in [0.29, 0.717) is 11.4 Å². The Labute approximate surface area is 81.2 Å². The van der Waals surface area contributed by atoms with Crippen LogP contribution in [-0.2, 0) is 0 Å². The molecule has 0 bridgehead atoms. The average molecular weight is 188 g/mol. The molecule has 0 aliphatic carbocycles. The van der Waals surface area contributed by atoms with E-state index in [9.17, 15) is 4.39 Å². The van der Waals surface area contributed by atoms with Crippen molar-refractivity contribution in [2.24, 2.45) is 0 Å². The van der Waals surface area contributed by atoms with Gasteiger partial charge in [0.15, 0.2) is 0 Å². The number of hydrogen-bond acceptors (Lipinski definition) is 2. The van der Waals surface area contributed by atoms with Gasteiger partial charge in [0.1, 0.15) is 5.82 Å². The fraction of sp³-hybridized carbons (Fsp3) is 0. The van der Waals surface area contributed by atoms with Gasteiger partial charge in [0.05, 0.1) is 17.6 Å². The molecule has 1 aromatic carbocycles. The molecule has 0 saturated carbocycles. The number of nitrogen functional groups attached to an aromatic ring is 1. The van der Waals surface area contributed by atoms with Gasteiger partial charge in [-0.25, -0.2) is 4.39 Å². The summed E-state index contributed by atoms with van der Waals surface area (Å²) in [5.41, 5.74) is 7.52. The highest BCUT2D eigenvalue weighted by Crippen LogP contribution is 2.22. The van der Waals surface area contributed by atoms with Crippen LogP contribution < -0.4 is 5.73 Å². The summed E-state index contributed by atoms with van der Waals surface area (Å²) in [7, 11) is 0. The van der Waals surface area contributed by atoms with E-state index in [2.05, 4.69) is 4.98 Å². The highest BCUT2D eigenvalue weighted by molar-refractivity contribution is 5.71. The lowest BCUT2D eigenvalue weighted by Gasteiger charge is -2.03. The summed E-state index contributed by atoms with van der Waals surface area (Å²) in [6, 6.07) is 10.7. The number of pyridine rings is 1. The molecule has 2 N–H and O–H groups in total. The van der Waals surface area contributed by atoms with Crippen LogP contribution in [0.25, 0.3) is 11.3 Å². The predicted molar refractivity (Wildman–Crippen MR) is 54.0 cm³/mol. The van der Waals surface area contributed by atoms with Crippen LogP contribution >= 0.6 is 0 Å². The van der Waals surface area contributed by atoms with E-state index in [-0.39, 0.29) is 0 Å². The SMILES string of the molecule is Nc1cc(F)cnc1-c1ccccc1. The third-order valence-corrected chi connectivity index (χ3v) is 1.93. The number of hydrogen-bond donors (Lipinski definition) is 1. The molecule has 3 heteroatoms. The zero-order valence-electron chi connectivity index (χ0n) is 7.44. The van der Waals surface area contributed by atoms with Crippen molar-refractivity contribution in [1.29, 1.82) is 0 Å². The van der Waals surface area contributed by atoms with Gasteiger partial charge in [0.2, 0.25) is 0 Å². The smallest absolute Gasteiger partial charge is 0.143 e. The number of halogens is 1. The van der Waals surface area contributed by atoms with Crippen LogP contribution in [0.2, 0.25) is 0 Å². The Balaban J connectivity index is 2.53. The Morgan fingerprint density at radius 1 is 1.14 bits per heavy atom. The Kier molecular flexibility index (Phi) is 2.14. The molecule has 0 amide bonds. The number of nitrogens with two attached hydrogens (primary N) is 1. The van der Waals surface area contributed by atoms with Crippen LogP contribution in [0, 0.1) is 5.82 Å². The van der Waals surface area contributed by atoms with E-state index < -0.39 is 5.82 Å². The lowest BCUT2D eigenvalue weighted by Crippen LogP contribution is -1.94. The van der Waals surface area contributed by atoms with Crippen LogP contribution in [0.3, 0.4) is 0 Å². The molecule has 0 saturated heterocycles. The van der Waals surface area contributed by atoms with Crippen molar-refractivity contribution in [3.63, 3.8) is 0 Å². The zero-order valence-corrected chi connectivity index (χ0v) is 7.44. The molecule has 2 aromatic rings. The number of benzene rings is 1. The van der Waals surface area contributed by atoms with Gasteiger partial charge < -0.3 is 5.73 Å². The lowest BCUT2D eigenvalue weighted by molar-refractivity contribution is 0.622. The monoisotopic (exact) mass is 188 g/mol. The lowest BCUT2D eigenvalue weighted by atomic mass is 10.1. The average Bonchev–Trinajstić information content (AvgIpc) is 2.19. The zero-order chi connectivity index (χ0) is 9.97. The summed E-state index contributed by atoms with van der Waals surface area (Å²) in [6.07, 6.45) is 1.17. The fourth-order valence-corrected chi connectivity index (χ4v) is 1.29. The summed E-state index contributed by atoms with van der Waals surface area (Å²) in [6.45, 7) is 0. The first-order valence-electron chi connectivity index (χ1n) is 4.24. The molecule has 0 fully saturated rings. The number of rotatable bonds is 1. The molecule has 1 heterocycles. The molecule has 1 aromatic heterocycles. The van der Waals surface area contributed by atoms with Crippen LogP contribution in [0.1, 0.15) is 0 Å². The Morgan fingerprint density at radius 3 is 2.50 bits per heavy atom. The molecule has 0 aliphatic rings. The first-order chi connectivity index (χ1) is 6.77. The Hall–Kier alpha value is -1.90. The second-order valence-electron chi connectivity index (χ2n) is 2.96. The minimum Gasteiger partial charge on any atom is -0.397 e. The summed E-state index contributed by atoms with van der Waals surface area (Å²) < 4.78 is 12.7. The van der Waals surface area contributed by atoms with Gasteiger partial charge in [-0.2, -0.15) is 0 Å². The standard InChI is InChI=1S/C11H9FN2/c12-9-6-10(13)11(14-7-9)8-4-2-1-3-5-8/h1-7H,13H2. The maximum Gasteiger partial charge on any atom is 0.143 e. The van der Waals surface area contributed by atoms with Crippen molar-refractivity contribution in [2.45, 2.75) is 0 Å². The van der Waals surface area contributed by atoms with Crippen molar-refractivity contribution < 1.29 is 4.39 Å². The Morgan fingerprint density at radius 2 is 1.86 bits per heavy atom. The van der Waals surface area contributed by atoms with Gasteiger partial charge in [-0.1, -0.05) is 30.3 Å². The third kappa shape index (κ3) is 1.57. The van der Waals surface area contributed by atoms with Crippen LogP contribution in [0.5, 0.6) is 0 Å². The maximum atomic E-state index is 12.7. The minimum absolute atomic E-state index is 0.358. The normalized spacial score (nSPS) is 10.1. The van der Waals surface area contributed by atoms with E-state index in [4.69, 9.17) is 5.73 Å². The maximum absolute atomic E-state index is 12.7. The second kappa shape index (κ2) is 3.46. The molecule has 0 unspecified atom stereocenters. The molecular weight excluding hydrogens is 179 g/mol. The van der Waals surface area contributed by atoms with E-state index in [1.807, 2.05) is 30.3 Å². The highest BCUT2D eigenvalue weighted by Gasteiger charge is 2.03. The fourth-order valence-electron chi connectivity index (χ4n) is 1.29. The summed E-state index contributed by atoms with van der Waals surface area (Å²) in [4.78, 5) is 3.95. The highest BCUT2D eigenvalue weighted by atomic mass is 19.1. The van der Waals surface area contributed by atoms with Gasteiger partial charge >= 0.3 is 0 Å². The van der Waals surface area contributed by atoms with E-state index in [0.717, 1.165) is 5.56 Å². The van der Waals surface area contributed by atoms with Gasteiger partial charge in [-0.05, 0) is 0 Å². The minimum atomic E-state index is -0.415. The molecule has 0 spiro atoms. The topological polar surface area (TPSA) is 38.9 Å². The van der Waals surface area contributed by atoms with Crippen molar-refractivity contribution in [3.8, 4) is 11.3 Å². The summed E-state index contributed by atoms with van der Waals surface area (Å²) >= 11 is 0. The van der Waals surface area contributed by atoms with Gasteiger partial charge in [-0.15, -0.1) is 0 Å². The first kappa shape index (κ1) is 8.69. The molecule has 0 aliphatic heterocycles. The van der Waals surface area contributed by atoms with Crippen molar-refractivity contribution in [3.05, 3.63) is 48.4 Å². The van der Waals surface area contributed by atoms with Crippen LogP contribution in [-0.4, -0.2) is 4.98 Å². The number of nitrogens with zero attached hydrogens (tertiary/aromatic N) is 1. The summed E-state index contributed by atoms with van der Waals surface area (Å²) in [5.74, 6) is -0.415. The van der Waals surface area contributed by atoms with Crippen LogP contribution in [0.4, 0.5) is 10.1 Å². The number of anilines is 1. The molecule has 0 radical (unpaired) electrons. The Bertz CT molecular complexity index is 440. The summed E-state index contributed by atoms with van der Waals surface area (Å²) in [5, 5.41) is 0. The molecule has 0 atom stereocenters. The van der Waals surface area contributed by atoms with E-state index in [1.165, 1.54) is 12.3 Å². The number of aromatic nitrogens is 1. The second-order valence-corrected chi connectivity index (χ2v) is 2.96. The van der Waals surface area contributed by atoms with Crippen molar-refractivity contribution in [1.82, 2.24) is 4.98 Å². The quantitative estimate of drug-likeness (QED) is 0.746. The molecular formula is C11H9FN2. The molecule has 2 rings (SSSR count). The molecule has 14 heavy (non-hydrogen) atoms. The van der Waals surface area contributed by atoms with E-state index >= 15 is 0 Å². The van der Waals surface area contributed by atoms with E-state index in [1.54, 1.807) is 0 Å². The van der Waals surface area contributed by atoms with Gasteiger partial charge in [-0.3, -0.25) is 4.98 Å².